The Kier molecular flexibility index (Phi) is 22.0. The molecular weight excluding hydrogens is 749 g/mol. The van der Waals surface area contributed by atoms with Gasteiger partial charge in [0.25, 0.3) is 0 Å². The first-order valence-corrected chi connectivity index (χ1v) is 21.3. The van der Waals surface area contributed by atoms with Crippen molar-refractivity contribution in [2.24, 2.45) is 29.6 Å². The predicted molar refractivity (Wildman–Crippen MR) is 233 cm³/mol. The Labute approximate surface area is 354 Å². The molecule has 8 unspecified atom stereocenters. The van der Waals surface area contributed by atoms with Crippen molar-refractivity contribution in [3.05, 3.63) is 81.6 Å². The molecule has 0 radical (unpaired) electrons. The minimum absolute atomic E-state index is 0.00807. The molecule has 0 aromatic carbocycles. The summed E-state index contributed by atoms with van der Waals surface area (Å²) in [5.41, 5.74) is 6.54. The lowest BCUT2D eigenvalue weighted by Crippen LogP contribution is -2.42. The van der Waals surface area contributed by atoms with Crippen LogP contribution in [0.5, 0.6) is 0 Å². The molecule has 1 heterocycles. The zero-order valence-electron chi connectivity index (χ0n) is 38.3. The van der Waals surface area contributed by atoms with E-state index >= 15 is 0 Å². The molecular formula is C49H74O10. The van der Waals surface area contributed by atoms with Crippen LogP contribution in [0.25, 0.3) is 0 Å². The number of aliphatic hydroxyl groups is 1. The first-order valence-electron chi connectivity index (χ1n) is 21.3. The van der Waals surface area contributed by atoms with Crippen molar-refractivity contribution < 1.29 is 48.0 Å². The van der Waals surface area contributed by atoms with Gasteiger partial charge in [-0.15, -0.1) is 0 Å². The summed E-state index contributed by atoms with van der Waals surface area (Å²) in [5.74, 6) is -0.904. The summed E-state index contributed by atoms with van der Waals surface area (Å²) < 4.78 is 26.7. The van der Waals surface area contributed by atoms with E-state index in [9.17, 15) is 24.3 Å². The normalized spacial score (nSPS) is 26.7. The summed E-state index contributed by atoms with van der Waals surface area (Å²) >= 11 is 0. The number of Topliss-reactive ketones (excluding diaryl/α,β-unsaturated/α-hetero) is 2. The minimum Gasteiger partial charge on any atom is -0.493 e. The quantitative estimate of drug-likeness (QED) is 0.0991. The summed E-state index contributed by atoms with van der Waals surface area (Å²) in [4.78, 5) is 48.3. The van der Waals surface area contributed by atoms with Crippen LogP contribution in [0.1, 0.15) is 133 Å². The van der Waals surface area contributed by atoms with Crippen molar-refractivity contribution in [2.45, 2.75) is 152 Å². The molecule has 0 aromatic heterocycles. The molecule has 59 heavy (non-hydrogen) atoms. The van der Waals surface area contributed by atoms with Crippen molar-refractivity contribution in [1.29, 1.82) is 0 Å². The number of ketones is 2. The second-order valence-corrected chi connectivity index (χ2v) is 17.0. The third-order valence-corrected chi connectivity index (χ3v) is 11.6. The number of carbonyl (C=O) groups is 4. The number of rotatable bonds is 19. The molecule has 3 aliphatic rings. The maximum atomic E-state index is 12.8. The van der Waals surface area contributed by atoms with Crippen molar-refractivity contribution in [3.63, 3.8) is 0 Å². The Morgan fingerprint density at radius 3 is 1.73 bits per heavy atom. The summed E-state index contributed by atoms with van der Waals surface area (Å²) in [6, 6.07) is 0. The van der Waals surface area contributed by atoms with Gasteiger partial charge in [0.2, 0.25) is 11.5 Å². The third-order valence-electron chi connectivity index (χ3n) is 11.6. The molecule has 1 fully saturated rings. The van der Waals surface area contributed by atoms with Crippen molar-refractivity contribution in [3.8, 4) is 0 Å². The molecule has 0 spiro atoms. The predicted octanol–water partition coefficient (Wildman–Crippen LogP) is 10.2. The largest absolute Gasteiger partial charge is 0.493 e. The fourth-order valence-electron chi connectivity index (χ4n) is 7.80. The van der Waals surface area contributed by atoms with Gasteiger partial charge < -0.3 is 28.8 Å². The molecule has 10 heteroatoms. The first-order chi connectivity index (χ1) is 27.8. The number of carbonyl (C=O) groups excluding carboxylic acids is 4. The highest BCUT2D eigenvalue weighted by Gasteiger charge is 2.45. The van der Waals surface area contributed by atoms with E-state index in [4.69, 9.17) is 23.7 Å². The van der Waals surface area contributed by atoms with Gasteiger partial charge in [-0.3, -0.25) is 19.2 Å². The Hall–Kier alpha value is -4.18. The van der Waals surface area contributed by atoms with E-state index in [1.54, 1.807) is 6.08 Å². The topological polar surface area (TPSA) is 135 Å². The highest BCUT2D eigenvalue weighted by molar-refractivity contribution is 5.97. The number of ether oxygens (including phenoxy) is 5. The number of hydrogen-bond acceptors (Lipinski definition) is 10. The highest BCUT2D eigenvalue weighted by atomic mass is 16.6. The molecule has 8 atom stereocenters. The number of esters is 2. The van der Waals surface area contributed by atoms with Crippen LogP contribution in [0, 0.1) is 29.6 Å². The van der Waals surface area contributed by atoms with E-state index in [0.717, 1.165) is 57.8 Å². The standard InChI is InChI=1S/C26H38O7.C23H36O3/c1-15(9-8-10-16(2)13-20-14-17(3)26(29)33-20)11-12-21-18(4)22(28)24(30-6)25(31-7)23(21)32-19(5)27;1-16(2)9-7-10-17(3)11-8-12-18(4)13-14-20-19(5)23(25)22(26-6)15-21(20)24/h10-11,17-18,20-21,23H,8-9,12-14H2,1-7H3;9,11,13,15,19-21,24H,7-8,10,12,14H2,1-6H3/b15-11+,16-10+;17-11+,18-13+. The van der Waals surface area contributed by atoms with E-state index in [-0.39, 0.29) is 70.5 Å². The summed E-state index contributed by atoms with van der Waals surface area (Å²) in [7, 11) is 4.35. The molecule has 1 N–H and O–H groups in total. The SMILES string of the molecule is COC1=C(OC)C(OC(C)=O)C(C/C=C(\C)CC/C=C(\C)CC2CC(C)C(=O)O2)C(C)C1=O.COC1=CC(O)C(C/C=C(\C)CC/C=C(\C)CCC=C(C)C)C(C)C1=O. The van der Waals surface area contributed by atoms with Gasteiger partial charge in [0.15, 0.2) is 23.4 Å². The van der Waals surface area contributed by atoms with Crippen LogP contribution in [-0.4, -0.2) is 68.3 Å². The number of methoxy groups -OCH3 is 3. The molecule has 0 bridgehead atoms. The number of hydrogen-bond donors (Lipinski definition) is 1. The number of cyclic esters (lactones) is 1. The van der Waals surface area contributed by atoms with Gasteiger partial charge in [-0.1, -0.05) is 79.0 Å². The lowest BCUT2D eigenvalue weighted by Gasteiger charge is -2.35. The summed E-state index contributed by atoms with van der Waals surface area (Å²) in [5, 5.41) is 10.3. The van der Waals surface area contributed by atoms with Gasteiger partial charge in [0.1, 0.15) is 6.10 Å². The maximum Gasteiger partial charge on any atom is 0.309 e. The van der Waals surface area contributed by atoms with Crippen LogP contribution in [0.15, 0.2) is 81.6 Å². The Balaban J connectivity index is 0.000000419. The van der Waals surface area contributed by atoms with Crippen LogP contribution >= 0.6 is 0 Å². The third kappa shape index (κ3) is 16.4. The van der Waals surface area contributed by atoms with E-state index in [1.165, 1.54) is 56.1 Å². The Bertz CT molecular complexity index is 1670. The smallest absolute Gasteiger partial charge is 0.309 e. The fourth-order valence-corrected chi connectivity index (χ4v) is 7.80. The van der Waals surface area contributed by atoms with Crippen molar-refractivity contribution in [1.82, 2.24) is 0 Å². The molecule has 3 rings (SSSR count). The van der Waals surface area contributed by atoms with Crippen molar-refractivity contribution in [2.75, 3.05) is 21.3 Å². The van der Waals surface area contributed by atoms with Crippen LogP contribution in [0.3, 0.4) is 0 Å². The van der Waals surface area contributed by atoms with Crippen molar-refractivity contribution >= 4 is 23.5 Å². The first kappa shape index (κ1) is 51.0. The van der Waals surface area contributed by atoms with E-state index < -0.39 is 18.2 Å². The zero-order chi connectivity index (χ0) is 44.4. The Morgan fingerprint density at radius 2 is 1.24 bits per heavy atom. The van der Waals surface area contributed by atoms with Crippen LogP contribution in [0.4, 0.5) is 0 Å². The maximum absolute atomic E-state index is 12.8. The van der Waals surface area contributed by atoms with Crippen LogP contribution < -0.4 is 0 Å². The lowest BCUT2D eigenvalue weighted by molar-refractivity contribution is -0.153. The summed E-state index contributed by atoms with van der Waals surface area (Å²) in [6.07, 6.45) is 20.2. The summed E-state index contributed by atoms with van der Waals surface area (Å²) in [6.45, 7) is 19.7. The molecule has 1 aliphatic heterocycles. The molecule has 1 saturated heterocycles. The molecule has 2 aliphatic carbocycles. The van der Waals surface area contributed by atoms with Gasteiger partial charge in [0.05, 0.1) is 33.4 Å². The van der Waals surface area contributed by atoms with Crippen LogP contribution in [-0.2, 0) is 42.9 Å². The molecule has 330 valence electrons. The highest BCUT2D eigenvalue weighted by Crippen LogP contribution is 2.38. The molecule has 0 amide bonds. The Morgan fingerprint density at radius 1 is 0.712 bits per heavy atom. The molecule has 0 saturated carbocycles. The fraction of sp³-hybridized carbons (Fsp3) is 0.633. The van der Waals surface area contributed by atoms with E-state index in [1.807, 2.05) is 20.8 Å². The second-order valence-electron chi connectivity index (χ2n) is 17.0. The molecule has 10 nitrogen and oxygen atoms in total. The monoisotopic (exact) mass is 823 g/mol. The number of allylic oxidation sites excluding steroid dienone is 11. The minimum atomic E-state index is -0.669. The number of aliphatic hydroxyl groups excluding tert-OH is 1. The van der Waals surface area contributed by atoms with Gasteiger partial charge in [-0.05, 0) is 105 Å². The average molecular weight is 823 g/mol. The van der Waals surface area contributed by atoms with Gasteiger partial charge in [-0.2, -0.15) is 0 Å². The van der Waals surface area contributed by atoms with E-state index in [0.29, 0.717) is 6.42 Å². The lowest BCUT2D eigenvalue weighted by atomic mass is 9.77. The van der Waals surface area contributed by atoms with E-state index in [2.05, 4.69) is 71.9 Å². The van der Waals surface area contributed by atoms with Crippen LogP contribution in [0.2, 0.25) is 0 Å². The van der Waals surface area contributed by atoms with Gasteiger partial charge in [0, 0.05) is 37.0 Å². The second kappa shape index (κ2) is 25.4. The average Bonchev–Trinajstić information content (AvgIpc) is 3.48. The molecule has 0 aromatic rings. The zero-order valence-corrected chi connectivity index (χ0v) is 38.3. The van der Waals surface area contributed by atoms with Gasteiger partial charge >= 0.3 is 11.9 Å². The van der Waals surface area contributed by atoms with Gasteiger partial charge in [-0.25, -0.2) is 0 Å².